The van der Waals surface area contributed by atoms with Gasteiger partial charge in [0.25, 0.3) is 0 Å². The molecule has 4 rings (SSSR count). The minimum absolute atomic E-state index is 0.140. The first-order valence-corrected chi connectivity index (χ1v) is 9.75. The van der Waals surface area contributed by atoms with Crippen molar-refractivity contribution in [2.75, 3.05) is 11.9 Å². The predicted molar refractivity (Wildman–Crippen MR) is 107 cm³/mol. The number of hydrogen-bond acceptors (Lipinski definition) is 6. The number of rotatable bonds is 9. The van der Waals surface area contributed by atoms with Gasteiger partial charge in [-0.15, -0.1) is 0 Å². The third kappa shape index (κ3) is 4.96. The Kier molecular flexibility index (Phi) is 5.82. The van der Waals surface area contributed by atoms with Gasteiger partial charge in [0.05, 0.1) is 18.1 Å². The zero-order valence-electron chi connectivity index (χ0n) is 16.2. The summed E-state index contributed by atoms with van der Waals surface area (Å²) in [7, 11) is 0. The lowest BCUT2D eigenvalue weighted by Gasteiger charge is -2.14. The van der Waals surface area contributed by atoms with Crippen molar-refractivity contribution in [1.82, 2.24) is 20.4 Å². The van der Waals surface area contributed by atoms with Crippen molar-refractivity contribution in [3.05, 3.63) is 59.7 Å². The Morgan fingerprint density at radius 3 is 2.72 bits per heavy atom. The highest BCUT2D eigenvalue weighted by Gasteiger charge is 2.43. The van der Waals surface area contributed by atoms with Crippen molar-refractivity contribution in [3.63, 3.8) is 0 Å². The predicted octanol–water partition coefficient (Wildman–Crippen LogP) is 3.08. The van der Waals surface area contributed by atoms with E-state index in [9.17, 15) is 9.50 Å². The first-order valence-electron chi connectivity index (χ1n) is 9.75. The number of nitrogens with one attached hydrogen (secondary N) is 2. The van der Waals surface area contributed by atoms with Crippen LogP contribution in [0.25, 0.3) is 11.3 Å². The molecule has 1 saturated heterocycles. The summed E-state index contributed by atoms with van der Waals surface area (Å²) in [6, 6.07) is 8.46. The van der Waals surface area contributed by atoms with E-state index in [1.807, 2.05) is 13.0 Å². The van der Waals surface area contributed by atoms with Crippen molar-refractivity contribution < 1.29 is 14.2 Å². The number of aromatic nitrogens is 4. The lowest BCUT2D eigenvalue weighted by atomic mass is 9.91. The van der Waals surface area contributed by atoms with Crippen LogP contribution >= 0.6 is 0 Å². The van der Waals surface area contributed by atoms with Crippen molar-refractivity contribution in [2.45, 2.75) is 38.6 Å². The molecule has 1 aliphatic rings. The van der Waals surface area contributed by atoms with Gasteiger partial charge in [-0.3, -0.25) is 5.10 Å². The van der Waals surface area contributed by atoms with Gasteiger partial charge in [-0.2, -0.15) is 15.3 Å². The van der Waals surface area contributed by atoms with Crippen molar-refractivity contribution in [2.24, 2.45) is 5.92 Å². The van der Waals surface area contributed by atoms with Crippen LogP contribution in [0.1, 0.15) is 24.0 Å². The van der Waals surface area contributed by atoms with Gasteiger partial charge in [0.1, 0.15) is 17.7 Å². The number of aliphatic hydroxyl groups is 1. The van der Waals surface area contributed by atoms with Gasteiger partial charge in [-0.25, -0.2) is 4.39 Å². The van der Waals surface area contributed by atoms with Gasteiger partial charge in [0.15, 0.2) is 6.29 Å². The maximum atomic E-state index is 13.1. The molecular weight excluding hydrogens is 373 g/mol. The fourth-order valence-corrected chi connectivity index (χ4v) is 3.56. The summed E-state index contributed by atoms with van der Waals surface area (Å²) in [5.41, 5.74) is 3.94. The summed E-state index contributed by atoms with van der Waals surface area (Å²) in [6.45, 7) is 2.73. The van der Waals surface area contributed by atoms with Crippen LogP contribution in [0.4, 0.5) is 10.2 Å². The average molecular weight is 397 g/mol. The molecule has 0 radical (unpaired) electrons. The van der Waals surface area contributed by atoms with E-state index in [-0.39, 0.29) is 17.8 Å². The van der Waals surface area contributed by atoms with E-state index in [2.05, 4.69) is 25.7 Å². The van der Waals surface area contributed by atoms with Crippen LogP contribution < -0.4 is 5.32 Å². The molecule has 0 aliphatic carbocycles. The largest absolute Gasteiger partial charge is 0.369 e. The number of aromatic amines is 1. The number of hydrogen-bond donors (Lipinski definition) is 3. The third-order valence-electron chi connectivity index (χ3n) is 5.23. The summed E-state index contributed by atoms with van der Waals surface area (Å²) in [4.78, 5) is 0. The van der Waals surface area contributed by atoms with Gasteiger partial charge in [-0.05, 0) is 55.4 Å². The Bertz CT molecular complexity index is 946. The molecule has 3 heterocycles. The van der Waals surface area contributed by atoms with Gasteiger partial charge < -0.3 is 15.2 Å². The monoisotopic (exact) mass is 397 g/mol. The Balaban J connectivity index is 1.28. The van der Waals surface area contributed by atoms with Crippen LogP contribution in [-0.4, -0.2) is 44.4 Å². The third-order valence-corrected chi connectivity index (χ3v) is 5.23. The maximum Gasteiger partial charge on any atom is 0.182 e. The Morgan fingerprint density at radius 1 is 1.24 bits per heavy atom. The van der Waals surface area contributed by atoms with E-state index >= 15 is 0 Å². The zero-order valence-corrected chi connectivity index (χ0v) is 16.2. The number of epoxide rings is 1. The minimum Gasteiger partial charge on any atom is -0.369 e. The average Bonchev–Trinajstić information content (AvgIpc) is 3.26. The molecule has 8 heteroatoms. The van der Waals surface area contributed by atoms with Crippen molar-refractivity contribution in [1.29, 1.82) is 0 Å². The lowest BCUT2D eigenvalue weighted by Crippen LogP contribution is -2.16. The number of aryl methyl sites for hydroxylation is 1. The van der Waals surface area contributed by atoms with Crippen molar-refractivity contribution >= 4 is 5.82 Å². The number of benzene rings is 1. The molecule has 1 fully saturated rings. The SMILES string of the molecule is Cc1cnncc1-c1cc(NCCC[C@@H](Cc2ccc(F)cc2)C2OC2O)n[nH]1. The second-order valence-electron chi connectivity index (χ2n) is 7.40. The molecule has 3 atom stereocenters. The second-order valence-corrected chi connectivity index (χ2v) is 7.40. The molecule has 3 aromatic rings. The zero-order chi connectivity index (χ0) is 20.2. The summed E-state index contributed by atoms with van der Waals surface area (Å²) < 4.78 is 18.4. The first kappa shape index (κ1) is 19.5. The molecule has 1 aromatic carbocycles. The number of nitrogens with zero attached hydrogens (tertiary/aromatic N) is 3. The fraction of sp³-hybridized carbons (Fsp3) is 0.381. The van der Waals surface area contributed by atoms with E-state index in [0.717, 1.165) is 54.0 Å². The highest BCUT2D eigenvalue weighted by Crippen LogP contribution is 2.33. The van der Waals surface area contributed by atoms with E-state index in [1.165, 1.54) is 12.1 Å². The van der Waals surface area contributed by atoms with Crippen LogP contribution in [0.2, 0.25) is 0 Å². The lowest BCUT2D eigenvalue weighted by molar-refractivity contribution is 0.155. The molecule has 2 unspecified atom stereocenters. The summed E-state index contributed by atoms with van der Waals surface area (Å²) in [6.07, 6.45) is 5.15. The number of H-pyrrole nitrogens is 1. The number of ether oxygens (including phenoxy) is 1. The van der Waals surface area contributed by atoms with E-state index in [4.69, 9.17) is 4.74 Å². The molecule has 0 amide bonds. The molecule has 0 bridgehead atoms. The first-order chi connectivity index (χ1) is 14.1. The molecule has 152 valence electrons. The molecule has 2 aromatic heterocycles. The smallest absolute Gasteiger partial charge is 0.182 e. The van der Waals surface area contributed by atoms with E-state index < -0.39 is 6.29 Å². The Morgan fingerprint density at radius 2 is 2.00 bits per heavy atom. The number of anilines is 1. The molecule has 29 heavy (non-hydrogen) atoms. The molecule has 3 N–H and O–H groups in total. The van der Waals surface area contributed by atoms with Crippen LogP contribution in [0.5, 0.6) is 0 Å². The van der Waals surface area contributed by atoms with Crippen LogP contribution in [0, 0.1) is 18.7 Å². The maximum absolute atomic E-state index is 13.1. The van der Waals surface area contributed by atoms with Crippen LogP contribution in [0.3, 0.4) is 0 Å². The normalized spacial score (nSPS) is 19.1. The van der Waals surface area contributed by atoms with Crippen LogP contribution in [0.15, 0.2) is 42.7 Å². The minimum atomic E-state index is -0.681. The van der Waals surface area contributed by atoms with Crippen LogP contribution in [-0.2, 0) is 11.2 Å². The summed E-state index contributed by atoms with van der Waals surface area (Å²) >= 11 is 0. The molecule has 0 spiro atoms. The van der Waals surface area contributed by atoms with E-state index in [0.29, 0.717) is 0 Å². The Labute approximate surface area is 168 Å². The van der Waals surface area contributed by atoms with Gasteiger partial charge >= 0.3 is 0 Å². The molecular formula is C21H24FN5O2. The standard InChI is InChI=1S/C21H24FN5O2/c1-13-11-24-25-12-17(13)18-10-19(27-26-18)23-8-2-3-15(20-21(28)29-20)9-14-4-6-16(22)7-5-14/h4-7,10-12,15,20-21,28H,2-3,8-9H2,1H3,(H2,23,26,27)/t15-,20?,21?/m0/s1. The van der Waals surface area contributed by atoms with Crippen molar-refractivity contribution in [3.8, 4) is 11.3 Å². The van der Waals surface area contributed by atoms with Gasteiger partial charge in [-0.1, -0.05) is 12.1 Å². The van der Waals surface area contributed by atoms with E-state index in [1.54, 1.807) is 24.5 Å². The topological polar surface area (TPSA) is 99.2 Å². The molecule has 7 nitrogen and oxygen atoms in total. The van der Waals surface area contributed by atoms with Gasteiger partial charge in [0, 0.05) is 18.2 Å². The molecule has 1 aliphatic heterocycles. The highest BCUT2D eigenvalue weighted by atomic mass is 19.1. The molecule has 0 saturated carbocycles. The number of aliphatic hydroxyl groups excluding tert-OH is 1. The summed E-state index contributed by atoms with van der Waals surface area (Å²) in [5.74, 6) is 0.722. The second kappa shape index (κ2) is 8.67. The van der Waals surface area contributed by atoms with Gasteiger partial charge in [0.2, 0.25) is 0 Å². The number of halogens is 1. The fourth-order valence-electron chi connectivity index (χ4n) is 3.56. The highest BCUT2D eigenvalue weighted by molar-refractivity contribution is 5.64. The Hall–Kier alpha value is -2.84. The quantitative estimate of drug-likeness (QED) is 0.379. The summed E-state index contributed by atoms with van der Waals surface area (Å²) in [5, 5.41) is 28.1.